The molecule has 29 nitrogen and oxygen atoms in total. The molecule has 1 aromatic heterocycles. The summed E-state index contributed by atoms with van der Waals surface area (Å²) < 4.78 is 81.5. The van der Waals surface area contributed by atoms with Crippen LogP contribution < -0.4 is 27.0 Å². The lowest BCUT2D eigenvalue weighted by Crippen LogP contribution is -2.34. The number of hydrogen-bond acceptors (Lipinski definition) is 22. The number of carbonyl (C=O) groups excluding carboxylic acids is 4. The van der Waals surface area contributed by atoms with E-state index in [9.17, 15) is 52.2 Å². The number of unbranched alkanes of at least 4 members (excludes halogenated alkanes) is 1. The van der Waals surface area contributed by atoms with Crippen molar-refractivity contribution in [1.29, 1.82) is 0 Å². The summed E-state index contributed by atoms with van der Waals surface area (Å²) in [5, 5.41) is 6.01. The first-order chi connectivity index (χ1) is 36.0. The Bertz CT molecular complexity index is 2910. The van der Waals surface area contributed by atoms with Crippen LogP contribution in [-0.4, -0.2) is 124 Å². The summed E-state index contributed by atoms with van der Waals surface area (Å²) >= 11 is 0. The van der Waals surface area contributed by atoms with Crippen LogP contribution in [0.2, 0.25) is 0 Å². The second-order valence-corrected chi connectivity index (χ2v) is 22.9. The summed E-state index contributed by atoms with van der Waals surface area (Å²) in [6.45, 7) is 2.73. The molecule has 4 rings (SSSR count). The molecular formula is C42H54N7O22P3S2. The van der Waals surface area contributed by atoms with Gasteiger partial charge in [-0.3, -0.25) is 23.7 Å². The first kappa shape index (κ1) is 63.4. The van der Waals surface area contributed by atoms with Crippen molar-refractivity contribution in [3.05, 3.63) is 108 Å². The number of carbonyl (C=O) groups is 4. The number of ether oxygens (including phenoxy) is 6. The van der Waals surface area contributed by atoms with Crippen LogP contribution in [0, 0.1) is 11.8 Å². The molecule has 7 atom stereocenters. The third-order valence-electron chi connectivity index (χ3n) is 10.0. The number of nitrogens with zero attached hydrogens (tertiary/aromatic N) is 4. The Hall–Kier alpha value is -5.18. The molecule has 1 aliphatic rings. The molecule has 76 heavy (non-hydrogen) atoms. The Morgan fingerprint density at radius 2 is 1.71 bits per heavy atom. The van der Waals surface area contributed by atoms with Gasteiger partial charge in [0, 0.05) is 35.7 Å². The van der Waals surface area contributed by atoms with Crippen molar-refractivity contribution in [1.82, 2.24) is 14.9 Å². The third kappa shape index (κ3) is 21.3. The number of esters is 3. The van der Waals surface area contributed by atoms with Crippen molar-refractivity contribution in [2.75, 3.05) is 59.0 Å². The first-order valence-corrected chi connectivity index (χ1v) is 29.6. The van der Waals surface area contributed by atoms with Crippen LogP contribution in [0.5, 0.6) is 5.75 Å². The molecular weight excluding hydrogens is 1110 g/mol. The fraction of sp³-hybridized carbons (Fsp3) is 0.476. The van der Waals surface area contributed by atoms with Gasteiger partial charge < -0.3 is 59.0 Å². The highest BCUT2D eigenvalue weighted by molar-refractivity contribution is 8.76. The Labute approximate surface area is 440 Å². The number of phosphoric acid groups is 3. The number of benzene rings is 2. The predicted molar refractivity (Wildman–Crippen MR) is 269 cm³/mol. The Morgan fingerprint density at radius 1 is 0.974 bits per heavy atom. The number of hydrogen-bond donors (Lipinski definition) is 7. The third-order valence-corrected chi connectivity index (χ3v) is 16.0. The minimum Gasteiger partial charge on any atom is -0.462 e. The quantitative estimate of drug-likeness (QED) is 0.00565. The monoisotopic (exact) mass is 1170 g/mol. The molecule has 0 aliphatic carbocycles. The normalized spacial score (nSPS) is 17.6. The zero-order chi connectivity index (χ0) is 56.1. The Kier molecular flexibility index (Phi) is 25.6. The van der Waals surface area contributed by atoms with E-state index in [0.29, 0.717) is 31.6 Å². The molecule has 1 saturated heterocycles. The fourth-order valence-corrected chi connectivity index (χ4v) is 11.5. The van der Waals surface area contributed by atoms with Crippen LogP contribution in [0.25, 0.3) is 10.4 Å². The Balaban J connectivity index is 1.37. The molecule has 0 saturated carbocycles. The summed E-state index contributed by atoms with van der Waals surface area (Å²) in [5.41, 5.74) is 13.0. The van der Waals surface area contributed by atoms with E-state index in [4.69, 9.17) is 54.0 Å². The average molecular weight is 1170 g/mol. The maximum absolute atomic E-state index is 13.5. The van der Waals surface area contributed by atoms with E-state index in [0.717, 1.165) is 10.8 Å². The Morgan fingerprint density at radius 3 is 2.42 bits per heavy atom. The van der Waals surface area contributed by atoms with Gasteiger partial charge in [0.15, 0.2) is 0 Å². The van der Waals surface area contributed by atoms with E-state index in [1.165, 1.54) is 52.8 Å². The number of aromatic amines is 1. The van der Waals surface area contributed by atoms with Gasteiger partial charge in [-0.05, 0) is 60.9 Å². The van der Waals surface area contributed by atoms with Crippen molar-refractivity contribution in [3.8, 4) is 17.6 Å². The highest BCUT2D eigenvalue weighted by atomic mass is 33.1. The number of H-pyrrole nitrogens is 1. The number of rotatable bonds is 30. The van der Waals surface area contributed by atoms with Crippen molar-refractivity contribution in [3.63, 3.8) is 0 Å². The van der Waals surface area contributed by atoms with Gasteiger partial charge >= 0.3 is 47.1 Å². The number of nitrogens with one attached hydrogen (secondary N) is 2. The zero-order valence-corrected chi connectivity index (χ0v) is 45.0. The smallest absolute Gasteiger partial charge is 0.462 e. The largest absolute Gasteiger partial charge is 0.490 e. The molecule has 0 radical (unpaired) electrons. The minimum absolute atomic E-state index is 0.00357. The topological polar surface area (TPSA) is 425 Å². The number of nitrogens with two attached hydrogens (primary N) is 1. The lowest BCUT2D eigenvalue weighted by atomic mass is 10.0. The van der Waals surface area contributed by atoms with Crippen LogP contribution in [0.1, 0.15) is 94.5 Å². The second-order valence-electron chi connectivity index (χ2n) is 15.6. The molecule has 0 bridgehead atoms. The second kappa shape index (κ2) is 30.7. The lowest BCUT2D eigenvalue weighted by Gasteiger charge is -2.21. The molecule has 2 aromatic carbocycles. The number of aromatic nitrogens is 2. The molecule has 2 heterocycles. The van der Waals surface area contributed by atoms with Gasteiger partial charge in [0.25, 0.3) is 5.56 Å². The fourth-order valence-electron chi connectivity index (χ4n) is 6.74. The van der Waals surface area contributed by atoms with Crippen molar-refractivity contribution < 1.29 is 94.0 Å². The highest BCUT2D eigenvalue weighted by Gasteiger charge is 2.45. The van der Waals surface area contributed by atoms with Gasteiger partial charge in [-0.2, -0.15) is 8.62 Å². The molecule has 34 heteroatoms. The molecule has 0 spiro atoms. The van der Waals surface area contributed by atoms with Gasteiger partial charge in [0.1, 0.15) is 36.4 Å². The van der Waals surface area contributed by atoms with Crippen molar-refractivity contribution in [2.24, 2.45) is 10.8 Å². The summed E-state index contributed by atoms with van der Waals surface area (Å²) in [7, 11) is -14.4. The standard InChI is InChI=1S/C42H54N7O22P3S2/c1-26(47-48-44)30-10-4-5-11-32(30)41(54)69-34-22-37(68-35(34)24-66-73(59,60)71-74(61,62)70-72(56,57)58)49-23-28(39(52)46-42(49)55)9-8-16-45-36(50)12-6-7-17-65-40(53)33-21-29(13-14-31(33)27(2)76-75-3)67-38(51)25-64-20-19-63-18-15-43/h4-5,10-11,13-14,21,23,26-27,34-35,37H,6-7,12,15-20,22,24-25,43H2,1-3H3,(H,45,50)(H,59,60)(H,61,62)(H,46,52,55)(H2,56,57,58)/t26?,27?,34?,35-,37-/m1/s1. The van der Waals surface area contributed by atoms with Crippen LogP contribution >= 0.6 is 45.1 Å². The van der Waals surface area contributed by atoms with Crippen LogP contribution in [0.15, 0.2) is 63.4 Å². The van der Waals surface area contributed by atoms with E-state index < -0.39 is 96.0 Å². The first-order valence-electron chi connectivity index (χ1n) is 22.4. The summed E-state index contributed by atoms with van der Waals surface area (Å²) in [6, 6.07) is 9.62. The summed E-state index contributed by atoms with van der Waals surface area (Å²) in [4.78, 5) is 120. The summed E-state index contributed by atoms with van der Waals surface area (Å²) in [5.74, 6) is 2.39. The van der Waals surface area contributed by atoms with Crippen LogP contribution in [0.3, 0.4) is 0 Å². The van der Waals surface area contributed by atoms with E-state index in [1.807, 2.05) is 13.2 Å². The molecule has 8 N–H and O–H groups in total. The van der Waals surface area contributed by atoms with E-state index in [-0.39, 0.29) is 72.6 Å². The van der Waals surface area contributed by atoms with Gasteiger partial charge in [-0.15, -0.1) is 0 Å². The number of azide groups is 1. The lowest BCUT2D eigenvalue weighted by molar-refractivity contribution is -0.140. The molecule has 3 aromatic rings. The maximum atomic E-state index is 13.5. The van der Waals surface area contributed by atoms with Gasteiger partial charge in [0.05, 0.1) is 56.7 Å². The van der Waals surface area contributed by atoms with Crippen molar-refractivity contribution >= 4 is 68.9 Å². The van der Waals surface area contributed by atoms with Crippen LogP contribution in [0.4, 0.5) is 0 Å². The molecule has 5 unspecified atom stereocenters. The number of phosphoric ester groups is 1. The molecule has 1 fully saturated rings. The minimum atomic E-state index is -5.93. The molecule has 1 amide bonds. The molecule has 1 aliphatic heterocycles. The number of amides is 1. The van der Waals surface area contributed by atoms with Crippen LogP contribution in [-0.2, 0) is 60.1 Å². The SMILES string of the molecule is CSSC(C)c1ccc(OC(=O)COCCOCCN)cc1C(=O)OCCCCC(=O)NCC#Cc1cn([C@H]2CC(OC(=O)c3ccccc3C(C)N=[N+]=[N-])[C@@H](COP(=O)(O)OP(=O)(O)OP(=O)(O)O)O2)c(=O)[nH]c1=O. The van der Waals surface area contributed by atoms with E-state index >= 15 is 0 Å². The van der Waals surface area contributed by atoms with E-state index in [2.05, 4.69) is 40.8 Å². The highest BCUT2D eigenvalue weighted by Crippen LogP contribution is 2.66. The zero-order valence-electron chi connectivity index (χ0n) is 40.7. The van der Waals surface area contributed by atoms with Gasteiger partial charge in [0.2, 0.25) is 5.91 Å². The average Bonchev–Trinajstić information content (AvgIpc) is 3.74. The van der Waals surface area contributed by atoms with Gasteiger partial charge in [-0.1, -0.05) is 69.7 Å². The summed E-state index contributed by atoms with van der Waals surface area (Å²) in [6.07, 6.45) is -1.51. The predicted octanol–water partition coefficient (Wildman–Crippen LogP) is 4.23. The van der Waals surface area contributed by atoms with Crippen molar-refractivity contribution in [2.45, 2.75) is 69.3 Å². The maximum Gasteiger partial charge on any atom is 0.490 e. The molecule has 416 valence electrons. The van der Waals surface area contributed by atoms with E-state index in [1.54, 1.807) is 18.2 Å². The van der Waals surface area contributed by atoms with Gasteiger partial charge in [-0.25, -0.2) is 32.9 Å².